The van der Waals surface area contributed by atoms with Crippen molar-refractivity contribution >= 4 is 0 Å². The minimum Gasteiger partial charge on any atom is -0.379 e. The zero-order chi connectivity index (χ0) is 15.1. The van der Waals surface area contributed by atoms with Gasteiger partial charge in [0.15, 0.2) is 0 Å². The van der Waals surface area contributed by atoms with E-state index in [2.05, 4.69) is 56.0 Å². The molecule has 2 unspecified atom stereocenters. The number of benzene rings is 1. The number of hydrogen-bond acceptors (Lipinski definition) is 3. The van der Waals surface area contributed by atoms with Gasteiger partial charge in [-0.15, -0.1) is 0 Å². The molecule has 21 heavy (non-hydrogen) atoms. The third-order valence-electron chi connectivity index (χ3n) is 4.28. The topological polar surface area (TPSA) is 21.7 Å². The van der Waals surface area contributed by atoms with Crippen molar-refractivity contribution in [2.75, 3.05) is 32.9 Å². The summed E-state index contributed by atoms with van der Waals surface area (Å²) in [5.74, 6) is 0.620. The van der Waals surface area contributed by atoms with E-state index in [9.17, 15) is 0 Å². The largest absolute Gasteiger partial charge is 0.379 e. The van der Waals surface area contributed by atoms with Crippen molar-refractivity contribution in [2.45, 2.75) is 39.3 Å². The number of hydrogen-bond donors (Lipinski definition) is 0. The number of rotatable bonds is 7. The van der Waals surface area contributed by atoms with Crippen LogP contribution in [-0.4, -0.2) is 43.9 Å². The van der Waals surface area contributed by atoms with Gasteiger partial charge in [0, 0.05) is 25.7 Å². The summed E-state index contributed by atoms with van der Waals surface area (Å²) < 4.78 is 11.5. The van der Waals surface area contributed by atoms with Gasteiger partial charge in [-0.25, -0.2) is 0 Å². The van der Waals surface area contributed by atoms with E-state index < -0.39 is 0 Å². The first-order valence-corrected chi connectivity index (χ1v) is 8.20. The van der Waals surface area contributed by atoms with Crippen molar-refractivity contribution in [3.63, 3.8) is 0 Å². The first-order valence-electron chi connectivity index (χ1n) is 8.20. The average molecular weight is 291 g/mol. The zero-order valence-corrected chi connectivity index (χ0v) is 13.6. The first kappa shape index (κ1) is 16.5. The molecule has 1 heterocycles. The lowest BCUT2D eigenvalue weighted by Crippen LogP contribution is -2.46. The molecule has 118 valence electrons. The monoisotopic (exact) mass is 291 g/mol. The van der Waals surface area contributed by atoms with E-state index in [0.29, 0.717) is 12.0 Å². The lowest BCUT2D eigenvalue weighted by Gasteiger charge is -2.38. The fraction of sp³-hybridized carbons (Fsp3) is 0.667. The van der Waals surface area contributed by atoms with Gasteiger partial charge in [0.2, 0.25) is 0 Å². The lowest BCUT2D eigenvalue weighted by atomic mass is 9.93. The molecular weight excluding hydrogens is 262 g/mol. The summed E-state index contributed by atoms with van der Waals surface area (Å²) in [5, 5.41) is 0. The summed E-state index contributed by atoms with van der Waals surface area (Å²) in [5.41, 5.74) is 1.29. The Balaban J connectivity index is 2.08. The number of morpholine rings is 1. The van der Waals surface area contributed by atoms with Crippen LogP contribution in [0.5, 0.6) is 0 Å². The molecule has 1 aromatic carbocycles. The molecule has 0 amide bonds. The molecule has 0 aromatic heterocycles. The highest BCUT2D eigenvalue weighted by Gasteiger charge is 2.27. The molecule has 1 aliphatic rings. The van der Waals surface area contributed by atoms with E-state index in [1.54, 1.807) is 0 Å². The predicted molar refractivity (Wildman–Crippen MR) is 86.4 cm³/mol. The molecule has 0 radical (unpaired) electrons. The van der Waals surface area contributed by atoms with Crippen LogP contribution in [0, 0.1) is 5.92 Å². The Bertz CT molecular complexity index is 387. The Morgan fingerprint density at radius 3 is 2.38 bits per heavy atom. The highest BCUT2D eigenvalue weighted by molar-refractivity contribution is 5.18. The van der Waals surface area contributed by atoms with E-state index in [4.69, 9.17) is 9.47 Å². The summed E-state index contributed by atoms with van der Waals surface area (Å²) in [6, 6.07) is 11.2. The Labute approximate surface area is 129 Å². The van der Waals surface area contributed by atoms with Crippen LogP contribution < -0.4 is 0 Å². The van der Waals surface area contributed by atoms with E-state index in [1.165, 1.54) is 5.56 Å². The SMILES string of the molecule is CCOC(CC(C(C)C)N1CCOCC1)c1ccccc1. The quantitative estimate of drug-likeness (QED) is 0.767. The summed E-state index contributed by atoms with van der Waals surface area (Å²) in [7, 11) is 0. The summed E-state index contributed by atoms with van der Waals surface area (Å²) in [6.07, 6.45) is 1.24. The molecule has 3 heteroatoms. The highest BCUT2D eigenvalue weighted by atomic mass is 16.5. The minimum absolute atomic E-state index is 0.187. The second-order valence-corrected chi connectivity index (χ2v) is 6.05. The van der Waals surface area contributed by atoms with Crippen molar-refractivity contribution in [1.29, 1.82) is 0 Å². The molecule has 0 N–H and O–H groups in total. The van der Waals surface area contributed by atoms with Crippen molar-refractivity contribution in [3.8, 4) is 0 Å². The van der Waals surface area contributed by atoms with Gasteiger partial charge in [0.1, 0.15) is 0 Å². The van der Waals surface area contributed by atoms with Gasteiger partial charge < -0.3 is 9.47 Å². The van der Waals surface area contributed by atoms with Crippen LogP contribution in [0.4, 0.5) is 0 Å². The molecule has 0 spiro atoms. The molecule has 1 aromatic rings. The zero-order valence-electron chi connectivity index (χ0n) is 13.6. The van der Waals surface area contributed by atoms with E-state index >= 15 is 0 Å². The minimum atomic E-state index is 0.187. The molecular formula is C18H29NO2. The first-order chi connectivity index (χ1) is 10.2. The van der Waals surface area contributed by atoms with Crippen LogP contribution in [0.2, 0.25) is 0 Å². The Kier molecular flexibility index (Phi) is 6.68. The lowest BCUT2D eigenvalue weighted by molar-refractivity contribution is -0.0219. The van der Waals surface area contributed by atoms with Crippen LogP contribution >= 0.6 is 0 Å². The molecule has 2 atom stereocenters. The van der Waals surface area contributed by atoms with Crippen molar-refractivity contribution in [1.82, 2.24) is 4.90 Å². The smallest absolute Gasteiger partial charge is 0.0839 e. The third kappa shape index (κ3) is 4.80. The maximum Gasteiger partial charge on any atom is 0.0839 e. The Hall–Kier alpha value is -0.900. The number of ether oxygens (including phenoxy) is 2. The van der Waals surface area contributed by atoms with Crippen LogP contribution in [0.3, 0.4) is 0 Å². The van der Waals surface area contributed by atoms with Crippen LogP contribution in [0.15, 0.2) is 30.3 Å². The third-order valence-corrected chi connectivity index (χ3v) is 4.28. The van der Waals surface area contributed by atoms with Gasteiger partial charge in [0.25, 0.3) is 0 Å². The van der Waals surface area contributed by atoms with Gasteiger partial charge in [-0.3, -0.25) is 4.90 Å². The van der Waals surface area contributed by atoms with E-state index in [-0.39, 0.29) is 6.10 Å². The van der Waals surface area contributed by atoms with Crippen molar-refractivity contribution in [2.24, 2.45) is 5.92 Å². The number of nitrogens with zero attached hydrogens (tertiary/aromatic N) is 1. The van der Waals surface area contributed by atoms with Gasteiger partial charge in [0.05, 0.1) is 19.3 Å². The predicted octanol–water partition coefficient (Wildman–Crippen LogP) is 3.51. The standard InChI is InChI=1S/C18H29NO2/c1-4-21-18(16-8-6-5-7-9-16)14-17(15(2)3)19-10-12-20-13-11-19/h5-9,15,17-18H,4,10-14H2,1-3H3. The average Bonchev–Trinajstić information content (AvgIpc) is 2.52. The molecule has 3 nitrogen and oxygen atoms in total. The summed E-state index contributed by atoms with van der Waals surface area (Å²) in [4.78, 5) is 2.57. The fourth-order valence-corrected chi connectivity index (χ4v) is 3.14. The van der Waals surface area contributed by atoms with E-state index in [0.717, 1.165) is 39.3 Å². The maximum atomic E-state index is 6.04. The summed E-state index contributed by atoms with van der Waals surface area (Å²) >= 11 is 0. The van der Waals surface area contributed by atoms with Crippen LogP contribution in [0.25, 0.3) is 0 Å². The Morgan fingerprint density at radius 1 is 1.14 bits per heavy atom. The van der Waals surface area contributed by atoms with Crippen molar-refractivity contribution in [3.05, 3.63) is 35.9 Å². The normalized spacial score (nSPS) is 19.6. The van der Waals surface area contributed by atoms with Crippen molar-refractivity contribution < 1.29 is 9.47 Å². The van der Waals surface area contributed by atoms with Gasteiger partial charge in [-0.2, -0.15) is 0 Å². The molecule has 0 saturated carbocycles. The van der Waals surface area contributed by atoms with Gasteiger partial charge in [-0.1, -0.05) is 44.2 Å². The van der Waals surface area contributed by atoms with Gasteiger partial charge in [-0.05, 0) is 24.8 Å². The fourth-order valence-electron chi connectivity index (χ4n) is 3.14. The maximum absolute atomic E-state index is 6.04. The second kappa shape index (κ2) is 8.52. The molecule has 1 aliphatic heterocycles. The van der Waals surface area contributed by atoms with Crippen LogP contribution in [0.1, 0.15) is 38.9 Å². The highest BCUT2D eigenvalue weighted by Crippen LogP contribution is 2.28. The van der Waals surface area contributed by atoms with Crippen LogP contribution in [-0.2, 0) is 9.47 Å². The summed E-state index contributed by atoms with van der Waals surface area (Å²) in [6.45, 7) is 11.2. The molecule has 0 bridgehead atoms. The molecule has 1 fully saturated rings. The Morgan fingerprint density at radius 2 is 1.81 bits per heavy atom. The molecule has 1 saturated heterocycles. The molecule has 2 rings (SSSR count). The van der Waals surface area contributed by atoms with E-state index in [1.807, 2.05) is 0 Å². The van der Waals surface area contributed by atoms with Gasteiger partial charge >= 0.3 is 0 Å². The second-order valence-electron chi connectivity index (χ2n) is 6.05. The molecule has 0 aliphatic carbocycles.